The van der Waals surface area contributed by atoms with Gasteiger partial charge in [-0.25, -0.2) is 4.98 Å². The van der Waals surface area contributed by atoms with Crippen LogP contribution >= 0.6 is 0 Å². The van der Waals surface area contributed by atoms with Gasteiger partial charge in [-0.15, -0.1) is 0 Å². The number of hydrogen-bond donors (Lipinski definition) is 1. The van der Waals surface area contributed by atoms with Crippen LogP contribution in [0.4, 0.5) is 0 Å². The fourth-order valence-corrected chi connectivity index (χ4v) is 6.94. The molecule has 1 aliphatic heterocycles. The minimum absolute atomic E-state index is 0.00158. The van der Waals surface area contributed by atoms with Crippen LogP contribution in [0.15, 0.2) is 59.3 Å². The predicted molar refractivity (Wildman–Crippen MR) is 151 cm³/mol. The second-order valence-corrected chi connectivity index (χ2v) is 11.6. The number of carbonyl (C=O) groups is 1. The van der Waals surface area contributed by atoms with E-state index in [1.54, 1.807) is 13.4 Å². The van der Waals surface area contributed by atoms with Gasteiger partial charge in [-0.2, -0.15) is 0 Å². The molecule has 0 unspecified atom stereocenters. The molecule has 2 N–H and O–H groups in total. The first-order valence-electron chi connectivity index (χ1n) is 14.2. The quantitative estimate of drug-likeness (QED) is 0.324. The molecule has 0 spiro atoms. The topological polar surface area (TPSA) is 104 Å². The van der Waals surface area contributed by atoms with E-state index in [1.807, 2.05) is 23.1 Å². The summed E-state index contributed by atoms with van der Waals surface area (Å²) >= 11 is 0. The zero-order valence-corrected chi connectivity index (χ0v) is 22.5. The second-order valence-electron chi connectivity index (χ2n) is 11.6. The van der Waals surface area contributed by atoms with Gasteiger partial charge in [0, 0.05) is 47.7 Å². The van der Waals surface area contributed by atoms with E-state index in [0.29, 0.717) is 29.7 Å². The van der Waals surface area contributed by atoms with Crippen LogP contribution in [-0.2, 0) is 13.1 Å². The number of fused-ring (bicyclic) bond motifs is 4. The SMILES string of the molecule is COc1cc(C(=O)N2C[C@H]3CC[C@@H]2[C@@H]3N)cc2nc(-c3cc4ccccc4n3CC3CC3)n(Cc3ccon3)c12. The minimum atomic E-state index is -0.00158. The van der Waals surface area contributed by atoms with Gasteiger partial charge in [0.1, 0.15) is 23.2 Å². The lowest BCUT2D eigenvalue weighted by Gasteiger charge is -2.27. The molecule has 0 radical (unpaired) electrons. The zero-order valence-electron chi connectivity index (χ0n) is 22.5. The van der Waals surface area contributed by atoms with E-state index in [1.165, 1.54) is 23.7 Å². The van der Waals surface area contributed by atoms with E-state index in [0.717, 1.165) is 54.2 Å². The Bertz CT molecular complexity index is 1750. The van der Waals surface area contributed by atoms with Crippen LogP contribution in [0.1, 0.15) is 41.7 Å². The number of methoxy groups -OCH3 is 1. The van der Waals surface area contributed by atoms with Gasteiger partial charge in [0.15, 0.2) is 5.82 Å². The third kappa shape index (κ3) is 3.67. The molecule has 1 saturated heterocycles. The number of benzene rings is 2. The minimum Gasteiger partial charge on any atom is -0.494 e. The molecule has 2 aliphatic carbocycles. The van der Waals surface area contributed by atoms with Crippen LogP contribution < -0.4 is 10.5 Å². The highest BCUT2D eigenvalue weighted by Gasteiger charge is 2.47. The number of ether oxygens (including phenoxy) is 1. The zero-order chi connectivity index (χ0) is 27.0. The molecule has 4 heterocycles. The van der Waals surface area contributed by atoms with Crippen molar-refractivity contribution in [1.82, 2.24) is 24.2 Å². The molecule has 1 amide bonds. The van der Waals surface area contributed by atoms with E-state index in [2.05, 4.69) is 44.6 Å². The Kier molecular flexibility index (Phi) is 5.32. The van der Waals surface area contributed by atoms with Crippen molar-refractivity contribution in [2.24, 2.45) is 17.6 Å². The van der Waals surface area contributed by atoms with Crippen molar-refractivity contribution in [3.63, 3.8) is 0 Å². The molecule has 8 rings (SSSR count). The van der Waals surface area contributed by atoms with E-state index in [9.17, 15) is 4.79 Å². The third-order valence-corrected chi connectivity index (χ3v) is 9.18. The summed E-state index contributed by atoms with van der Waals surface area (Å²) in [5.74, 6) is 2.50. The summed E-state index contributed by atoms with van der Waals surface area (Å²) in [4.78, 5) is 20.9. The van der Waals surface area contributed by atoms with Crippen molar-refractivity contribution in [3.05, 3.63) is 66.1 Å². The third-order valence-electron chi connectivity index (χ3n) is 9.18. The smallest absolute Gasteiger partial charge is 0.254 e. The van der Waals surface area contributed by atoms with Crippen molar-refractivity contribution >= 4 is 27.8 Å². The molecule has 3 fully saturated rings. The number of carbonyl (C=O) groups excluding carboxylic acids is 1. The van der Waals surface area contributed by atoms with E-state index in [4.69, 9.17) is 20.0 Å². The normalized spacial score (nSPS) is 22.1. The van der Waals surface area contributed by atoms with Crippen molar-refractivity contribution in [3.8, 4) is 17.3 Å². The number of aromatic nitrogens is 4. The van der Waals surface area contributed by atoms with E-state index < -0.39 is 0 Å². The Morgan fingerprint density at radius 1 is 1.10 bits per heavy atom. The van der Waals surface area contributed by atoms with Gasteiger partial charge < -0.3 is 29.0 Å². The number of hydrogen-bond acceptors (Lipinski definition) is 6. The largest absolute Gasteiger partial charge is 0.494 e. The fraction of sp³-hybridized carbons (Fsp3) is 0.387. The lowest BCUT2D eigenvalue weighted by molar-refractivity contribution is 0.0700. The second kappa shape index (κ2) is 8.96. The molecule has 40 heavy (non-hydrogen) atoms. The highest BCUT2D eigenvalue weighted by atomic mass is 16.5. The average molecular weight is 537 g/mol. The van der Waals surface area contributed by atoms with Gasteiger partial charge >= 0.3 is 0 Å². The Morgan fingerprint density at radius 2 is 1.98 bits per heavy atom. The first-order valence-corrected chi connectivity index (χ1v) is 14.2. The summed E-state index contributed by atoms with van der Waals surface area (Å²) in [6.45, 7) is 2.13. The summed E-state index contributed by atoms with van der Waals surface area (Å²) < 4.78 is 15.6. The summed E-state index contributed by atoms with van der Waals surface area (Å²) in [5.41, 5.74) is 11.6. The summed E-state index contributed by atoms with van der Waals surface area (Å²) in [5, 5.41) is 5.38. The molecule has 204 valence electrons. The predicted octanol–water partition coefficient (Wildman–Crippen LogP) is 4.67. The number of para-hydroxylation sites is 1. The Labute approximate surface area is 231 Å². The molecule has 2 aromatic carbocycles. The molecular formula is C31H32N6O3. The molecule has 2 bridgehead atoms. The first kappa shape index (κ1) is 23.7. The summed E-state index contributed by atoms with van der Waals surface area (Å²) in [6.07, 6.45) is 6.16. The number of rotatable bonds is 7. The Morgan fingerprint density at radius 3 is 2.70 bits per heavy atom. The van der Waals surface area contributed by atoms with Crippen LogP contribution in [0, 0.1) is 11.8 Å². The molecule has 9 nitrogen and oxygen atoms in total. The summed E-state index contributed by atoms with van der Waals surface area (Å²) in [7, 11) is 1.65. The maximum absolute atomic E-state index is 13.8. The van der Waals surface area contributed by atoms with Crippen LogP contribution in [0.25, 0.3) is 33.5 Å². The van der Waals surface area contributed by atoms with Crippen molar-refractivity contribution in [2.45, 2.75) is 50.9 Å². The number of nitrogens with two attached hydrogens (primary N) is 1. The fourth-order valence-electron chi connectivity index (χ4n) is 6.94. The molecule has 3 atom stereocenters. The number of piperidine rings is 1. The van der Waals surface area contributed by atoms with E-state index in [-0.39, 0.29) is 18.0 Å². The number of amides is 1. The average Bonchev–Trinajstić information content (AvgIpc) is 3.34. The van der Waals surface area contributed by atoms with Gasteiger partial charge in [0.2, 0.25) is 0 Å². The van der Waals surface area contributed by atoms with E-state index >= 15 is 0 Å². The molecule has 9 heteroatoms. The van der Waals surface area contributed by atoms with Gasteiger partial charge in [-0.05, 0) is 61.8 Å². The Hall–Kier alpha value is -4.11. The lowest BCUT2D eigenvalue weighted by atomic mass is 10.1. The molecule has 3 aliphatic rings. The summed E-state index contributed by atoms with van der Waals surface area (Å²) in [6, 6.07) is 16.5. The van der Waals surface area contributed by atoms with Crippen molar-refractivity contribution in [1.29, 1.82) is 0 Å². The monoisotopic (exact) mass is 536 g/mol. The van der Waals surface area contributed by atoms with Crippen molar-refractivity contribution < 1.29 is 14.1 Å². The molecular weight excluding hydrogens is 504 g/mol. The van der Waals surface area contributed by atoms with Gasteiger partial charge in [-0.1, -0.05) is 23.4 Å². The number of imidazole rings is 1. The number of likely N-dealkylation sites (tertiary alicyclic amines) is 1. The first-order chi connectivity index (χ1) is 19.6. The van der Waals surface area contributed by atoms with Crippen molar-refractivity contribution in [2.75, 3.05) is 13.7 Å². The standard InChI is InChI=1S/C31H32N6O3/c1-39-27-14-21(31(38)36-16-20-8-9-25(36)28(20)32)12-23-29(27)37(17-22-10-11-40-34-22)30(33-23)26-13-19-4-2-3-5-24(19)35(26)15-18-6-7-18/h2-5,10-14,18,20,25,28H,6-9,15-17,32H2,1H3/t20-,25-,28-/m1/s1. The number of nitrogens with zero attached hydrogens (tertiary/aromatic N) is 5. The van der Waals surface area contributed by atoms with Gasteiger partial charge in [0.25, 0.3) is 5.91 Å². The van der Waals surface area contributed by atoms with Crippen LogP contribution in [0.5, 0.6) is 5.75 Å². The Balaban J connectivity index is 1.31. The lowest BCUT2D eigenvalue weighted by Crippen LogP contribution is -2.41. The van der Waals surface area contributed by atoms with Gasteiger partial charge in [-0.3, -0.25) is 4.79 Å². The molecule has 2 saturated carbocycles. The maximum Gasteiger partial charge on any atom is 0.254 e. The van der Waals surface area contributed by atoms with Gasteiger partial charge in [0.05, 0.1) is 24.9 Å². The highest BCUT2D eigenvalue weighted by Crippen LogP contribution is 2.40. The molecule has 5 aromatic rings. The van der Waals surface area contributed by atoms with Crippen LogP contribution in [-0.4, -0.2) is 55.8 Å². The van der Waals surface area contributed by atoms with Crippen LogP contribution in [0.2, 0.25) is 0 Å². The molecule has 3 aromatic heterocycles. The van der Waals surface area contributed by atoms with Crippen LogP contribution in [0.3, 0.4) is 0 Å². The maximum atomic E-state index is 13.8. The highest BCUT2D eigenvalue weighted by molar-refractivity contribution is 6.00.